The van der Waals surface area contributed by atoms with Gasteiger partial charge in [-0.15, -0.1) is 0 Å². The van der Waals surface area contributed by atoms with Gasteiger partial charge in [0.2, 0.25) is 10.0 Å². The van der Waals surface area contributed by atoms with Crippen molar-refractivity contribution in [3.8, 4) is 11.5 Å². The highest BCUT2D eigenvalue weighted by atomic mass is 32.2. The van der Waals surface area contributed by atoms with E-state index in [9.17, 15) is 13.2 Å². The van der Waals surface area contributed by atoms with Crippen LogP contribution in [0, 0.1) is 0 Å². The van der Waals surface area contributed by atoms with Gasteiger partial charge in [0.15, 0.2) is 0 Å². The van der Waals surface area contributed by atoms with E-state index < -0.39 is 15.9 Å². The molecule has 23 heavy (non-hydrogen) atoms. The van der Waals surface area contributed by atoms with Gasteiger partial charge in [-0.25, -0.2) is 12.7 Å². The first-order valence-corrected chi connectivity index (χ1v) is 9.07. The zero-order chi connectivity index (χ0) is 16.9. The van der Waals surface area contributed by atoms with Gasteiger partial charge in [-0.2, -0.15) is 0 Å². The topological polar surface area (TPSA) is 84.9 Å². The molecule has 0 bridgehead atoms. The summed E-state index contributed by atoms with van der Waals surface area (Å²) in [7, 11) is -0.390. The van der Waals surface area contributed by atoms with Crippen molar-refractivity contribution in [3.63, 3.8) is 0 Å². The van der Waals surface area contributed by atoms with Crippen LogP contribution in [0.2, 0.25) is 0 Å². The molecule has 0 aliphatic carbocycles. The van der Waals surface area contributed by atoms with Crippen LogP contribution in [0.25, 0.3) is 0 Å². The average molecular weight is 342 g/mol. The summed E-state index contributed by atoms with van der Waals surface area (Å²) >= 11 is 0. The van der Waals surface area contributed by atoms with Crippen molar-refractivity contribution >= 4 is 15.9 Å². The molecule has 7 nitrogen and oxygen atoms in total. The highest BCUT2D eigenvalue weighted by molar-refractivity contribution is 7.89. The van der Waals surface area contributed by atoms with Crippen molar-refractivity contribution in [1.82, 2.24) is 9.62 Å². The molecule has 0 saturated carbocycles. The van der Waals surface area contributed by atoms with Gasteiger partial charge in [0.05, 0.1) is 20.0 Å². The molecule has 1 aromatic carbocycles. The van der Waals surface area contributed by atoms with Crippen LogP contribution >= 0.6 is 0 Å². The molecule has 1 heterocycles. The van der Waals surface area contributed by atoms with Crippen LogP contribution in [-0.4, -0.2) is 58.2 Å². The molecule has 1 N–H and O–H groups in total. The van der Waals surface area contributed by atoms with Gasteiger partial charge in [-0.05, 0) is 25.0 Å². The summed E-state index contributed by atoms with van der Waals surface area (Å²) in [5.41, 5.74) is 0.260. The SMILES string of the molecule is COc1cccc(OC)c1C(=O)NCCS(=O)(=O)N1CCCC1. The Kier molecular flexibility index (Phi) is 5.84. The smallest absolute Gasteiger partial charge is 0.258 e. The van der Waals surface area contributed by atoms with Crippen molar-refractivity contribution in [1.29, 1.82) is 0 Å². The Morgan fingerprint density at radius 1 is 1.17 bits per heavy atom. The number of sulfonamides is 1. The first-order chi connectivity index (χ1) is 11.0. The van der Waals surface area contributed by atoms with Crippen LogP contribution in [-0.2, 0) is 10.0 Å². The third-order valence-electron chi connectivity index (χ3n) is 3.76. The quantitative estimate of drug-likeness (QED) is 0.794. The summed E-state index contributed by atoms with van der Waals surface area (Å²) in [6.45, 7) is 1.17. The first kappa shape index (κ1) is 17.6. The number of carbonyl (C=O) groups excluding carboxylic acids is 1. The molecule has 0 unspecified atom stereocenters. The fourth-order valence-electron chi connectivity index (χ4n) is 2.55. The number of carbonyl (C=O) groups is 1. The van der Waals surface area contributed by atoms with Gasteiger partial charge in [0.1, 0.15) is 17.1 Å². The van der Waals surface area contributed by atoms with Crippen LogP contribution in [0.4, 0.5) is 0 Å². The van der Waals surface area contributed by atoms with Crippen molar-refractivity contribution in [2.75, 3.05) is 39.6 Å². The lowest BCUT2D eigenvalue weighted by Gasteiger charge is -2.16. The summed E-state index contributed by atoms with van der Waals surface area (Å²) in [5, 5.41) is 2.62. The number of nitrogens with one attached hydrogen (secondary N) is 1. The molecule has 0 atom stereocenters. The van der Waals surface area contributed by atoms with E-state index >= 15 is 0 Å². The van der Waals surface area contributed by atoms with E-state index in [0.717, 1.165) is 12.8 Å². The number of hydrogen-bond donors (Lipinski definition) is 1. The van der Waals surface area contributed by atoms with E-state index in [4.69, 9.17) is 9.47 Å². The molecule has 1 aliphatic rings. The lowest BCUT2D eigenvalue weighted by Crippen LogP contribution is -2.36. The number of benzene rings is 1. The number of rotatable bonds is 7. The molecular weight excluding hydrogens is 320 g/mol. The molecule has 1 aromatic rings. The van der Waals surface area contributed by atoms with E-state index in [0.29, 0.717) is 24.6 Å². The Labute approximate surface area is 136 Å². The van der Waals surface area contributed by atoms with E-state index in [1.54, 1.807) is 18.2 Å². The standard InChI is InChI=1S/C15H22N2O5S/c1-21-12-6-5-7-13(22-2)14(12)15(18)16-8-11-23(19,20)17-9-3-4-10-17/h5-7H,3-4,8-11H2,1-2H3,(H,16,18). The molecule has 0 aromatic heterocycles. The third kappa shape index (κ3) is 4.14. The van der Waals surface area contributed by atoms with Crippen LogP contribution < -0.4 is 14.8 Å². The van der Waals surface area contributed by atoms with Crippen molar-refractivity contribution in [2.24, 2.45) is 0 Å². The van der Waals surface area contributed by atoms with Gasteiger partial charge in [0.25, 0.3) is 5.91 Å². The number of hydrogen-bond acceptors (Lipinski definition) is 5. The molecule has 0 spiro atoms. The summed E-state index contributed by atoms with van der Waals surface area (Å²) in [5.74, 6) is 0.223. The van der Waals surface area contributed by atoms with Crippen LogP contribution in [0.15, 0.2) is 18.2 Å². The lowest BCUT2D eigenvalue weighted by molar-refractivity contribution is 0.0950. The molecule has 1 saturated heterocycles. The Hall–Kier alpha value is -1.80. The van der Waals surface area contributed by atoms with Gasteiger partial charge in [0, 0.05) is 19.6 Å². The molecule has 128 valence electrons. The molecular formula is C15H22N2O5S. The minimum absolute atomic E-state index is 0.0405. The zero-order valence-corrected chi connectivity index (χ0v) is 14.2. The largest absolute Gasteiger partial charge is 0.496 e. The monoisotopic (exact) mass is 342 g/mol. The normalized spacial score (nSPS) is 15.4. The average Bonchev–Trinajstić information content (AvgIpc) is 3.09. The molecule has 1 amide bonds. The summed E-state index contributed by atoms with van der Waals surface area (Å²) < 4.78 is 36.1. The highest BCUT2D eigenvalue weighted by Gasteiger charge is 2.25. The maximum atomic E-state index is 12.3. The van der Waals surface area contributed by atoms with Gasteiger partial charge in [-0.1, -0.05) is 6.07 Å². The second kappa shape index (κ2) is 7.65. The van der Waals surface area contributed by atoms with Crippen LogP contribution in [0.5, 0.6) is 11.5 Å². The number of amides is 1. The fraction of sp³-hybridized carbons (Fsp3) is 0.533. The lowest BCUT2D eigenvalue weighted by atomic mass is 10.1. The van der Waals surface area contributed by atoms with Crippen LogP contribution in [0.3, 0.4) is 0 Å². The van der Waals surface area contributed by atoms with Crippen molar-refractivity contribution in [3.05, 3.63) is 23.8 Å². The number of nitrogens with zero attached hydrogens (tertiary/aromatic N) is 1. The van der Waals surface area contributed by atoms with E-state index in [-0.39, 0.29) is 17.9 Å². The van der Waals surface area contributed by atoms with E-state index in [1.165, 1.54) is 18.5 Å². The molecule has 8 heteroatoms. The molecule has 0 radical (unpaired) electrons. The maximum Gasteiger partial charge on any atom is 0.258 e. The molecule has 2 rings (SSSR count). The number of methoxy groups -OCH3 is 2. The second-order valence-corrected chi connectivity index (χ2v) is 7.30. The Bertz CT molecular complexity index is 632. The van der Waals surface area contributed by atoms with Crippen molar-refractivity contribution < 1.29 is 22.7 Å². The Morgan fingerprint density at radius 3 is 2.26 bits per heavy atom. The first-order valence-electron chi connectivity index (χ1n) is 7.46. The van der Waals surface area contributed by atoms with E-state index in [2.05, 4.69) is 5.32 Å². The molecule has 1 fully saturated rings. The van der Waals surface area contributed by atoms with E-state index in [1.807, 2.05) is 0 Å². The third-order valence-corrected chi connectivity index (χ3v) is 5.63. The zero-order valence-electron chi connectivity index (χ0n) is 13.4. The van der Waals surface area contributed by atoms with Gasteiger partial charge >= 0.3 is 0 Å². The minimum Gasteiger partial charge on any atom is -0.496 e. The van der Waals surface area contributed by atoms with Crippen LogP contribution in [0.1, 0.15) is 23.2 Å². The summed E-state index contributed by atoms with van der Waals surface area (Å²) in [4.78, 5) is 12.3. The van der Waals surface area contributed by atoms with Gasteiger partial charge < -0.3 is 14.8 Å². The number of ether oxygens (including phenoxy) is 2. The Balaban J connectivity index is 2.00. The Morgan fingerprint density at radius 2 is 1.74 bits per heavy atom. The minimum atomic E-state index is -3.31. The van der Waals surface area contributed by atoms with Crippen molar-refractivity contribution in [2.45, 2.75) is 12.8 Å². The van der Waals surface area contributed by atoms with Gasteiger partial charge in [-0.3, -0.25) is 4.79 Å². The molecule has 1 aliphatic heterocycles. The second-order valence-electron chi connectivity index (χ2n) is 5.22. The predicted molar refractivity (Wildman–Crippen MR) is 86.5 cm³/mol. The summed E-state index contributed by atoms with van der Waals surface area (Å²) in [6, 6.07) is 5.02. The predicted octanol–water partition coefficient (Wildman–Crippen LogP) is 0.859. The summed E-state index contributed by atoms with van der Waals surface area (Å²) in [6.07, 6.45) is 1.79. The fourth-order valence-corrected chi connectivity index (χ4v) is 3.99. The highest BCUT2D eigenvalue weighted by Crippen LogP contribution is 2.27. The maximum absolute atomic E-state index is 12.3.